The molecule has 23 heavy (non-hydrogen) atoms. The third-order valence-electron chi connectivity index (χ3n) is 4.69. The van der Waals surface area contributed by atoms with Crippen molar-refractivity contribution in [1.29, 1.82) is 0 Å². The van der Waals surface area contributed by atoms with E-state index in [0.717, 1.165) is 12.1 Å². The number of carbonyl (C=O) groups is 1. The van der Waals surface area contributed by atoms with Gasteiger partial charge in [0.1, 0.15) is 6.10 Å². The number of benzene rings is 1. The van der Waals surface area contributed by atoms with E-state index in [1.807, 2.05) is 44.3 Å². The summed E-state index contributed by atoms with van der Waals surface area (Å²) < 4.78 is 5.54. The van der Waals surface area contributed by atoms with E-state index in [-0.39, 0.29) is 5.91 Å². The Morgan fingerprint density at radius 2 is 2.17 bits per heavy atom. The van der Waals surface area contributed by atoms with E-state index in [1.165, 1.54) is 0 Å². The molecule has 1 saturated heterocycles. The van der Waals surface area contributed by atoms with Crippen LogP contribution in [0.5, 0.6) is 0 Å². The third kappa shape index (κ3) is 5.03. The Balaban J connectivity index is 1.95. The fraction of sp³-hybridized carbons (Fsp3) is 0.611. The normalized spacial score (nSPS) is 23.0. The second kappa shape index (κ2) is 7.90. The molecule has 128 valence electrons. The lowest BCUT2D eigenvalue weighted by Crippen LogP contribution is -2.51. The largest absolute Gasteiger partial charge is 0.393 e. The van der Waals surface area contributed by atoms with Crippen molar-refractivity contribution < 1.29 is 14.6 Å². The van der Waals surface area contributed by atoms with Gasteiger partial charge < -0.3 is 20.1 Å². The van der Waals surface area contributed by atoms with Crippen LogP contribution in [0.3, 0.4) is 0 Å². The molecule has 1 aliphatic heterocycles. The number of morpholine rings is 1. The summed E-state index contributed by atoms with van der Waals surface area (Å²) >= 11 is 0. The highest BCUT2D eigenvalue weighted by atomic mass is 16.5. The Kier molecular flexibility index (Phi) is 6.16. The molecule has 0 aromatic heterocycles. The maximum Gasteiger partial charge on any atom is 0.250 e. The number of nitrogens with zero attached hydrogens (tertiary/aromatic N) is 1. The van der Waals surface area contributed by atoms with Crippen molar-refractivity contribution in [3.8, 4) is 0 Å². The Labute approximate surface area is 138 Å². The van der Waals surface area contributed by atoms with Crippen LogP contribution < -0.4 is 5.32 Å². The van der Waals surface area contributed by atoms with Crippen molar-refractivity contribution in [1.82, 2.24) is 10.2 Å². The number of ether oxygens (including phenoxy) is 1. The maximum atomic E-state index is 12.3. The molecule has 1 amide bonds. The van der Waals surface area contributed by atoms with Gasteiger partial charge in [-0.2, -0.15) is 0 Å². The van der Waals surface area contributed by atoms with Crippen LogP contribution in [-0.4, -0.2) is 61.4 Å². The molecule has 1 fully saturated rings. The Morgan fingerprint density at radius 1 is 1.48 bits per heavy atom. The van der Waals surface area contributed by atoms with E-state index in [4.69, 9.17) is 4.74 Å². The summed E-state index contributed by atoms with van der Waals surface area (Å²) in [6.45, 7) is 6.23. The number of aliphatic hydroxyl groups excluding tert-OH is 1. The van der Waals surface area contributed by atoms with E-state index in [9.17, 15) is 9.90 Å². The van der Waals surface area contributed by atoms with Crippen LogP contribution >= 0.6 is 0 Å². The summed E-state index contributed by atoms with van der Waals surface area (Å²) in [6.07, 6.45) is -0.251. The van der Waals surface area contributed by atoms with Crippen molar-refractivity contribution in [2.75, 3.05) is 33.3 Å². The van der Waals surface area contributed by atoms with Crippen molar-refractivity contribution in [3.63, 3.8) is 0 Å². The summed E-state index contributed by atoms with van der Waals surface area (Å²) in [5, 5.41) is 13.2. The van der Waals surface area contributed by atoms with E-state index in [0.29, 0.717) is 26.1 Å². The van der Waals surface area contributed by atoms with Gasteiger partial charge in [0.2, 0.25) is 5.91 Å². The first-order chi connectivity index (χ1) is 10.9. The van der Waals surface area contributed by atoms with Crippen molar-refractivity contribution in [2.24, 2.45) is 5.41 Å². The van der Waals surface area contributed by atoms with Crippen LogP contribution in [0.4, 0.5) is 0 Å². The van der Waals surface area contributed by atoms with Gasteiger partial charge in [-0.3, -0.25) is 4.79 Å². The number of likely N-dealkylation sites (N-methyl/N-ethyl adjacent to an activating group) is 1. The van der Waals surface area contributed by atoms with Gasteiger partial charge in [0.05, 0.1) is 12.7 Å². The quantitative estimate of drug-likeness (QED) is 0.823. The lowest BCUT2D eigenvalue weighted by atomic mass is 9.79. The minimum Gasteiger partial charge on any atom is -0.393 e. The second-order valence-corrected chi connectivity index (χ2v) is 6.83. The molecular weight excluding hydrogens is 292 g/mol. The number of hydrogen-bond donors (Lipinski definition) is 2. The number of nitrogens with one attached hydrogen (secondary N) is 1. The summed E-state index contributed by atoms with van der Waals surface area (Å²) in [7, 11) is 1.98. The number of rotatable bonds is 6. The molecule has 1 aromatic carbocycles. The average Bonchev–Trinajstić information content (AvgIpc) is 2.53. The van der Waals surface area contributed by atoms with Gasteiger partial charge in [-0.15, -0.1) is 0 Å². The predicted octanol–water partition coefficient (Wildman–Crippen LogP) is 1.06. The zero-order chi connectivity index (χ0) is 16.9. The zero-order valence-electron chi connectivity index (χ0n) is 14.3. The molecule has 3 atom stereocenters. The first-order valence-corrected chi connectivity index (χ1v) is 8.20. The standard InChI is InChI=1S/C18H28N2O3/c1-14(21)18(2,11-15-7-5-4-6-8-15)13-19-17(22)16-12-20(3)9-10-23-16/h4-8,14,16,21H,9-13H2,1-3H3,(H,19,22). The molecule has 5 nitrogen and oxygen atoms in total. The van der Waals surface area contributed by atoms with Crippen LogP contribution in [0.2, 0.25) is 0 Å². The summed E-state index contributed by atoms with van der Waals surface area (Å²) in [5.41, 5.74) is 0.733. The molecule has 0 saturated carbocycles. The summed E-state index contributed by atoms with van der Waals surface area (Å²) in [5.74, 6) is -0.100. The first-order valence-electron chi connectivity index (χ1n) is 8.20. The number of aliphatic hydroxyl groups is 1. The van der Waals surface area contributed by atoms with Gasteiger partial charge in [0.25, 0.3) is 0 Å². The van der Waals surface area contributed by atoms with E-state index < -0.39 is 17.6 Å². The topological polar surface area (TPSA) is 61.8 Å². The number of amides is 1. The van der Waals surface area contributed by atoms with Gasteiger partial charge >= 0.3 is 0 Å². The highest BCUT2D eigenvalue weighted by Crippen LogP contribution is 2.26. The molecule has 0 spiro atoms. The maximum absolute atomic E-state index is 12.3. The molecule has 1 aliphatic rings. The molecule has 5 heteroatoms. The van der Waals surface area contributed by atoms with Crippen LogP contribution in [0.15, 0.2) is 30.3 Å². The molecule has 3 unspecified atom stereocenters. The van der Waals surface area contributed by atoms with Gasteiger partial charge in [-0.25, -0.2) is 0 Å². The molecule has 0 radical (unpaired) electrons. The molecule has 0 bridgehead atoms. The minimum absolute atomic E-state index is 0.100. The first kappa shape index (κ1) is 17.9. The molecule has 1 aromatic rings. The molecule has 2 rings (SSSR count). The highest BCUT2D eigenvalue weighted by molar-refractivity contribution is 5.81. The van der Waals surface area contributed by atoms with Crippen molar-refractivity contribution in [3.05, 3.63) is 35.9 Å². The van der Waals surface area contributed by atoms with Gasteiger partial charge in [-0.05, 0) is 26.0 Å². The minimum atomic E-state index is -0.530. The zero-order valence-corrected chi connectivity index (χ0v) is 14.3. The summed E-state index contributed by atoms with van der Waals surface area (Å²) in [6, 6.07) is 10.0. The smallest absolute Gasteiger partial charge is 0.250 e. The van der Waals surface area contributed by atoms with Gasteiger partial charge in [0, 0.05) is 25.0 Å². The van der Waals surface area contributed by atoms with E-state index >= 15 is 0 Å². The van der Waals surface area contributed by atoms with Crippen LogP contribution in [-0.2, 0) is 16.0 Å². The molecule has 2 N–H and O–H groups in total. The molecule has 1 heterocycles. The van der Waals surface area contributed by atoms with Gasteiger partial charge in [-0.1, -0.05) is 37.3 Å². The third-order valence-corrected chi connectivity index (χ3v) is 4.69. The lowest BCUT2D eigenvalue weighted by Gasteiger charge is -2.34. The number of carbonyl (C=O) groups excluding carboxylic acids is 1. The lowest BCUT2D eigenvalue weighted by molar-refractivity contribution is -0.138. The molecular formula is C18H28N2O3. The Bertz CT molecular complexity index is 506. The average molecular weight is 320 g/mol. The molecule has 0 aliphatic carbocycles. The summed E-state index contributed by atoms with van der Waals surface area (Å²) in [4.78, 5) is 14.4. The van der Waals surface area contributed by atoms with Crippen LogP contribution in [0, 0.1) is 5.41 Å². The van der Waals surface area contributed by atoms with E-state index in [2.05, 4.69) is 10.2 Å². The fourth-order valence-corrected chi connectivity index (χ4v) is 2.76. The monoisotopic (exact) mass is 320 g/mol. The predicted molar refractivity (Wildman–Crippen MR) is 90.2 cm³/mol. The van der Waals surface area contributed by atoms with Crippen molar-refractivity contribution >= 4 is 5.91 Å². The highest BCUT2D eigenvalue weighted by Gasteiger charge is 2.32. The fourth-order valence-electron chi connectivity index (χ4n) is 2.76. The van der Waals surface area contributed by atoms with Gasteiger partial charge in [0.15, 0.2) is 0 Å². The van der Waals surface area contributed by atoms with Crippen LogP contribution in [0.1, 0.15) is 19.4 Å². The SMILES string of the molecule is CC(O)C(C)(CNC(=O)C1CN(C)CCO1)Cc1ccccc1. The second-order valence-electron chi connectivity index (χ2n) is 6.83. The number of hydrogen-bond acceptors (Lipinski definition) is 4. The Hall–Kier alpha value is -1.43. The van der Waals surface area contributed by atoms with Crippen molar-refractivity contribution in [2.45, 2.75) is 32.5 Å². The Morgan fingerprint density at radius 3 is 2.78 bits per heavy atom. The van der Waals surface area contributed by atoms with E-state index in [1.54, 1.807) is 6.92 Å². The van der Waals surface area contributed by atoms with Crippen LogP contribution in [0.25, 0.3) is 0 Å².